The van der Waals surface area contributed by atoms with E-state index in [4.69, 9.17) is 0 Å². The average molecular weight is 302 g/mol. The lowest BCUT2D eigenvalue weighted by Gasteiger charge is -2.08. The number of pyridine rings is 1. The van der Waals surface area contributed by atoms with E-state index in [1.165, 1.54) is 10.7 Å². The summed E-state index contributed by atoms with van der Waals surface area (Å²) in [7, 11) is -2.01. The number of sulfonamides is 1. The third-order valence-electron chi connectivity index (χ3n) is 3.05. The minimum absolute atomic E-state index is 0.144. The van der Waals surface area contributed by atoms with E-state index in [1.807, 2.05) is 19.1 Å². The van der Waals surface area contributed by atoms with Crippen LogP contribution in [-0.4, -0.2) is 23.2 Å². The van der Waals surface area contributed by atoms with Crippen molar-refractivity contribution in [1.82, 2.24) is 14.8 Å². The van der Waals surface area contributed by atoms with E-state index in [9.17, 15) is 8.42 Å². The van der Waals surface area contributed by atoms with Crippen molar-refractivity contribution < 1.29 is 8.42 Å². The van der Waals surface area contributed by atoms with E-state index >= 15 is 0 Å². The van der Waals surface area contributed by atoms with Crippen LogP contribution in [0.3, 0.4) is 0 Å². The zero-order valence-electron chi connectivity index (χ0n) is 11.6. The SMILES string of the molecule is Cc1cnc2c(S(=O)(=O)Nc3ccn(C)n3)cccc2c1. The molecule has 21 heavy (non-hydrogen) atoms. The molecule has 7 heteroatoms. The third-order valence-corrected chi connectivity index (χ3v) is 4.44. The van der Waals surface area contributed by atoms with Gasteiger partial charge in [0.2, 0.25) is 0 Å². The zero-order chi connectivity index (χ0) is 15.0. The number of rotatable bonds is 3. The maximum atomic E-state index is 12.5. The summed E-state index contributed by atoms with van der Waals surface area (Å²) < 4.78 is 29.0. The van der Waals surface area contributed by atoms with Gasteiger partial charge in [-0.1, -0.05) is 12.1 Å². The fourth-order valence-electron chi connectivity index (χ4n) is 2.12. The quantitative estimate of drug-likeness (QED) is 0.803. The van der Waals surface area contributed by atoms with Crippen LogP contribution in [0.15, 0.2) is 47.6 Å². The van der Waals surface area contributed by atoms with Crippen molar-refractivity contribution in [2.75, 3.05) is 4.72 Å². The van der Waals surface area contributed by atoms with Crippen LogP contribution in [0, 0.1) is 6.92 Å². The molecule has 108 valence electrons. The van der Waals surface area contributed by atoms with Crippen molar-refractivity contribution >= 4 is 26.7 Å². The van der Waals surface area contributed by atoms with Crippen LogP contribution in [0.1, 0.15) is 5.56 Å². The molecule has 0 aliphatic heterocycles. The van der Waals surface area contributed by atoms with Crippen LogP contribution in [0.2, 0.25) is 0 Å². The predicted molar refractivity (Wildman–Crippen MR) is 80.5 cm³/mol. The summed E-state index contributed by atoms with van der Waals surface area (Å²) in [5, 5.41) is 4.81. The third kappa shape index (κ3) is 2.59. The molecule has 2 heterocycles. The number of benzene rings is 1. The number of fused-ring (bicyclic) bond motifs is 1. The first-order chi connectivity index (χ1) is 9.95. The average Bonchev–Trinajstić information content (AvgIpc) is 2.82. The van der Waals surface area contributed by atoms with Crippen molar-refractivity contribution in [3.05, 3.63) is 48.3 Å². The second-order valence-corrected chi connectivity index (χ2v) is 6.47. The highest BCUT2D eigenvalue weighted by Crippen LogP contribution is 2.23. The lowest BCUT2D eigenvalue weighted by atomic mass is 10.2. The van der Waals surface area contributed by atoms with Gasteiger partial charge in [0.15, 0.2) is 5.82 Å². The molecule has 0 aliphatic carbocycles. The van der Waals surface area contributed by atoms with Crippen LogP contribution in [-0.2, 0) is 17.1 Å². The molecule has 0 saturated carbocycles. The molecule has 0 bridgehead atoms. The number of aryl methyl sites for hydroxylation is 2. The van der Waals surface area contributed by atoms with Gasteiger partial charge in [-0.2, -0.15) is 5.10 Å². The number of para-hydroxylation sites is 1. The van der Waals surface area contributed by atoms with Gasteiger partial charge in [-0.15, -0.1) is 0 Å². The van der Waals surface area contributed by atoms with E-state index in [0.29, 0.717) is 5.52 Å². The second kappa shape index (κ2) is 4.85. The van der Waals surface area contributed by atoms with E-state index in [-0.39, 0.29) is 10.7 Å². The number of anilines is 1. The highest BCUT2D eigenvalue weighted by molar-refractivity contribution is 7.93. The molecular weight excluding hydrogens is 288 g/mol. The van der Waals surface area contributed by atoms with Gasteiger partial charge in [0.05, 0.1) is 5.52 Å². The van der Waals surface area contributed by atoms with Crippen molar-refractivity contribution in [3.63, 3.8) is 0 Å². The van der Waals surface area contributed by atoms with Gasteiger partial charge >= 0.3 is 0 Å². The first-order valence-electron chi connectivity index (χ1n) is 6.33. The Kier molecular flexibility index (Phi) is 3.13. The van der Waals surface area contributed by atoms with Crippen molar-refractivity contribution in [3.8, 4) is 0 Å². The lowest BCUT2D eigenvalue weighted by molar-refractivity contribution is 0.601. The Morgan fingerprint density at radius 3 is 2.76 bits per heavy atom. The van der Waals surface area contributed by atoms with Gasteiger partial charge < -0.3 is 0 Å². The van der Waals surface area contributed by atoms with Gasteiger partial charge in [-0.05, 0) is 24.6 Å². The Bertz CT molecular complexity index is 916. The largest absolute Gasteiger partial charge is 0.274 e. The second-order valence-electron chi connectivity index (χ2n) is 4.82. The molecule has 3 rings (SSSR count). The van der Waals surface area contributed by atoms with E-state index in [2.05, 4.69) is 14.8 Å². The smallest absolute Gasteiger partial charge is 0.265 e. The summed E-state index contributed by atoms with van der Waals surface area (Å²) in [5.74, 6) is 0.279. The lowest BCUT2D eigenvalue weighted by Crippen LogP contribution is -2.14. The highest BCUT2D eigenvalue weighted by Gasteiger charge is 2.19. The standard InChI is InChI=1S/C14H14N4O2S/c1-10-8-11-4-3-5-12(14(11)15-9-10)21(19,20)17-13-6-7-18(2)16-13/h3-9H,1-2H3,(H,16,17). The van der Waals surface area contributed by atoms with Crippen molar-refractivity contribution in [2.24, 2.45) is 7.05 Å². The number of hydrogen-bond donors (Lipinski definition) is 1. The summed E-state index contributed by atoms with van der Waals surface area (Å²) >= 11 is 0. The van der Waals surface area contributed by atoms with Crippen LogP contribution in [0.25, 0.3) is 10.9 Å². The topological polar surface area (TPSA) is 76.9 Å². The Hall–Kier alpha value is -2.41. The Morgan fingerprint density at radius 1 is 1.24 bits per heavy atom. The fraction of sp³-hybridized carbons (Fsp3) is 0.143. The van der Waals surface area contributed by atoms with Crippen molar-refractivity contribution in [2.45, 2.75) is 11.8 Å². The highest BCUT2D eigenvalue weighted by atomic mass is 32.2. The summed E-state index contributed by atoms with van der Waals surface area (Å²) in [6.45, 7) is 1.92. The van der Waals surface area contributed by atoms with E-state index in [1.54, 1.807) is 31.6 Å². The number of nitrogens with one attached hydrogen (secondary N) is 1. The first-order valence-corrected chi connectivity index (χ1v) is 7.82. The maximum absolute atomic E-state index is 12.5. The minimum Gasteiger partial charge on any atom is -0.274 e. The molecule has 1 N–H and O–H groups in total. The summed E-state index contributed by atoms with van der Waals surface area (Å²) in [4.78, 5) is 4.39. The maximum Gasteiger partial charge on any atom is 0.265 e. The zero-order valence-corrected chi connectivity index (χ0v) is 12.4. The van der Waals surface area contributed by atoms with E-state index in [0.717, 1.165) is 10.9 Å². The summed E-state index contributed by atoms with van der Waals surface area (Å²) in [6.07, 6.45) is 3.32. The molecule has 0 atom stereocenters. The molecule has 6 nitrogen and oxygen atoms in total. The predicted octanol–water partition coefficient (Wildman–Crippen LogP) is 2.08. The first kappa shape index (κ1) is 13.6. The molecule has 0 saturated heterocycles. The summed E-state index contributed by atoms with van der Waals surface area (Å²) in [5.41, 5.74) is 1.43. The molecule has 0 unspecified atom stereocenters. The molecule has 0 amide bonds. The van der Waals surface area contributed by atoms with Crippen LogP contribution in [0.4, 0.5) is 5.82 Å². The fourth-order valence-corrected chi connectivity index (χ4v) is 3.30. The molecule has 1 aromatic carbocycles. The molecular formula is C14H14N4O2S. The van der Waals surface area contributed by atoms with Gasteiger partial charge in [-0.25, -0.2) is 8.42 Å². The minimum atomic E-state index is -3.73. The van der Waals surface area contributed by atoms with E-state index < -0.39 is 10.0 Å². The van der Waals surface area contributed by atoms with Gasteiger partial charge in [0.25, 0.3) is 10.0 Å². The van der Waals surface area contributed by atoms with Crippen LogP contribution >= 0.6 is 0 Å². The van der Waals surface area contributed by atoms with Crippen LogP contribution in [0.5, 0.6) is 0 Å². The number of aromatic nitrogens is 3. The normalized spacial score (nSPS) is 11.7. The van der Waals surface area contributed by atoms with Gasteiger partial charge in [0, 0.05) is 30.9 Å². The Balaban J connectivity index is 2.10. The number of hydrogen-bond acceptors (Lipinski definition) is 4. The number of nitrogens with zero attached hydrogens (tertiary/aromatic N) is 3. The molecule has 3 aromatic rings. The monoisotopic (exact) mass is 302 g/mol. The molecule has 0 radical (unpaired) electrons. The van der Waals surface area contributed by atoms with Gasteiger partial charge in [-0.3, -0.25) is 14.4 Å². The molecule has 0 spiro atoms. The van der Waals surface area contributed by atoms with Gasteiger partial charge in [0.1, 0.15) is 4.90 Å². The molecule has 0 aliphatic rings. The molecule has 2 aromatic heterocycles. The Labute approximate surface area is 122 Å². The summed E-state index contributed by atoms with van der Waals surface area (Å²) in [6, 6.07) is 8.59. The van der Waals surface area contributed by atoms with Crippen LogP contribution < -0.4 is 4.72 Å². The Morgan fingerprint density at radius 2 is 2.05 bits per heavy atom. The molecule has 0 fully saturated rings. The van der Waals surface area contributed by atoms with Crippen molar-refractivity contribution in [1.29, 1.82) is 0 Å².